The molecular weight excluding hydrogens is 406 g/mol. The molecule has 1 aliphatic heterocycles. The van der Waals surface area contributed by atoms with Gasteiger partial charge < -0.3 is 20.1 Å². The van der Waals surface area contributed by atoms with Crippen molar-refractivity contribution >= 4 is 17.5 Å². The van der Waals surface area contributed by atoms with Gasteiger partial charge >= 0.3 is 0 Å². The van der Waals surface area contributed by atoms with Crippen LogP contribution in [-0.4, -0.2) is 30.9 Å². The molecule has 0 spiro atoms. The number of hydrogen-bond donors (Lipinski definition) is 2. The number of rotatable bonds is 5. The lowest BCUT2D eigenvalue weighted by Crippen LogP contribution is -2.37. The highest BCUT2D eigenvalue weighted by Crippen LogP contribution is 2.45. The third-order valence-electron chi connectivity index (χ3n) is 5.92. The number of allylic oxidation sites excluding steroid dienone is 3. The summed E-state index contributed by atoms with van der Waals surface area (Å²) in [5.74, 6) is 1.07. The van der Waals surface area contributed by atoms with Crippen molar-refractivity contribution < 1.29 is 19.1 Å². The van der Waals surface area contributed by atoms with Crippen molar-refractivity contribution in [2.45, 2.75) is 32.6 Å². The van der Waals surface area contributed by atoms with Crippen LogP contribution in [0.25, 0.3) is 0 Å². The molecule has 1 amide bonds. The van der Waals surface area contributed by atoms with Crippen molar-refractivity contribution in [3.05, 3.63) is 70.7 Å². The van der Waals surface area contributed by atoms with Gasteiger partial charge in [0, 0.05) is 41.1 Å². The molecule has 7 nitrogen and oxygen atoms in total. The molecule has 1 aromatic heterocycles. The van der Waals surface area contributed by atoms with Crippen LogP contribution in [-0.2, 0) is 9.59 Å². The van der Waals surface area contributed by atoms with Crippen molar-refractivity contribution in [1.29, 1.82) is 0 Å². The van der Waals surface area contributed by atoms with E-state index in [1.54, 1.807) is 38.6 Å². The third-order valence-corrected chi connectivity index (χ3v) is 5.92. The van der Waals surface area contributed by atoms with E-state index < -0.39 is 5.92 Å². The molecule has 2 N–H and O–H groups in total. The Morgan fingerprint density at radius 1 is 1.12 bits per heavy atom. The Morgan fingerprint density at radius 3 is 2.59 bits per heavy atom. The van der Waals surface area contributed by atoms with E-state index in [1.807, 2.05) is 25.1 Å². The zero-order valence-electron chi connectivity index (χ0n) is 18.7. The second-order valence-electron chi connectivity index (χ2n) is 8.21. The lowest BCUT2D eigenvalue weighted by molar-refractivity contribution is -0.117. The molecule has 2 aliphatic rings. The van der Waals surface area contributed by atoms with Crippen LogP contribution in [0.1, 0.15) is 38.2 Å². The number of anilines is 1. The van der Waals surface area contributed by atoms with E-state index in [-0.39, 0.29) is 17.6 Å². The monoisotopic (exact) mass is 433 g/mol. The Morgan fingerprint density at radius 2 is 1.91 bits per heavy atom. The smallest absolute Gasteiger partial charge is 0.255 e. The number of benzene rings is 1. The minimum Gasteiger partial charge on any atom is -0.493 e. The molecule has 0 unspecified atom stereocenters. The summed E-state index contributed by atoms with van der Waals surface area (Å²) in [4.78, 5) is 30.9. The second kappa shape index (κ2) is 8.86. The van der Waals surface area contributed by atoms with E-state index in [4.69, 9.17) is 9.47 Å². The maximum Gasteiger partial charge on any atom is 0.255 e. The number of ketones is 1. The van der Waals surface area contributed by atoms with Gasteiger partial charge in [-0.25, -0.2) is 4.98 Å². The summed E-state index contributed by atoms with van der Waals surface area (Å²) in [5, 5.41) is 6.22. The van der Waals surface area contributed by atoms with Gasteiger partial charge in [-0.05, 0) is 49.1 Å². The molecule has 4 rings (SSSR count). The first kappa shape index (κ1) is 21.6. The third kappa shape index (κ3) is 3.98. The van der Waals surface area contributed by atoms with Crippen LogP contribution < -0.4 is 20.1 Å². The number of Topliss-reactive ketones (excluding diaryl/α,β-unsaturated/α-hetero) is 1. The highest BCUT2D eigenvalue weighted by Gasteiger charge is 2.40. The molecule has 2 heterocycles. The van der Waals surface area contributed by atoms with Gasteiger partial charge in [0.05, 0.1) is 14.2 Å². The number of carbonyl (C=O) groups is 2. The topological polar surface area (TPSA) is 89.5 Å². The Bertz CT molecular complexity index is 1120. The van der Waals surface area contributed by atoms with Crippen molar-refractivity contribution in [1.82, 2.24) is 10.3 Å². The van der Waals surface area contributed by atoms with Gasteiger partial charge in [0.1, 0.15) is 5.82 Å². The first-order valence-electron chi connectivity index (χ1n) is 10.6. The van der Waals surface area contributed by atoms with Gasteiger partial charge in [0.25, 0.3) is 5.91 Å². The highest BCUT2D eigenvalue weighted by atomic mass is 16.5. The number of amides is 1. The molecule has 0 bridgehead atoms. The number of carbonyl (C=O) groups excluding carboxylic acids is 2. The first-order chi connectivity index (χ1) is 15.4. The van der Waals surface area contributed by atoms with Gasteiger partial charge in [-0.2, -0.15) is 0 Å². The van der Waals surface area contributed by atoms with Gasteiger partial charge in [0.15, 0.2) is 17.3 Å². The standard InChI is InChI=1S/C25H27N3O4/c1-14-11-17-24(18(29)12-14)23(16-8-9-19(31-3)20(13-16)32-4)22(15(2)27-17)25(30)28-21-7-5-6-10-26-21/h5-10,13-14,23,27H,11-12H2,1-4H3,(H,26,28,30)/t14-,23+/m0/s1. The molecule has 0 radical (unpaired) electrons. The molecule has 1 aliphatic carbocycles. The molecule has 0 fully saturated rings. The number of nitrogens with one attached hydrogen (secondary N) is 2. The van der Waals surface area contributed by atoms with Gasteiger partial charge in [-0.15, -0.1) is 0 Å². The van der Waals surface area contributed by atoms with Crippen LogP contribution in [0.4, 0.5) is 5.82 Å². The summed E-state index contributed by atoms with van der Waals surface area (Å²) in [7, 11) is 3.14. The largest absolute Gasteiger partial charge is 0.493 e. The van der Waals surface area contributed by atoms with E-state index in [0.717, 1.165) is 23.4 Å². The lowest BCUT2D eigenvalue weighted by Gasteiger charge is -2.36. The fourth-order valence-corrected chi connectivity index (χ4v) is 4.52. The van der Waals surface area contributed by atoms with Crippen molar-refractivity contribution in [2.75, 3.05) is 19.5 Å². The van der Waals surface area contributed by atoms with Crippen LogP contribution in [0.2, 0.25) is 0 Å². The fourth-order valence-electron chi connectivity index (χ4n) is 4.52. The molecule has 2 aromatic rings. The molecular formula is C25H27N3O4. The van der Waals surface area contributed by atoms with E-state index in [1.165, 1.54) is 0 Å². The predicted molar refractivity (Wildman–Crippen MR) is 121 cm³/mol. The molecule has 7 heteroatoms. The summed E-state index contributed by atoms with van der Waals surface area (Å²) in [6.07, 6.45) is 2.84. The fraction of sp³-hybridized carbons (Fsp3) is 0.320. The Hall–Kier alpha value is -3.61. The SMILES string of the molecule is COc1ccc([C@@H]2C(C(=O)Nc3ccccn3)=C(C)NC3=C2C(=O)C[C@@H](C)C3)cc1OC. The van der Waals surface area contributed by atoms with E-state index in [9.17, 15) is 9.59 Å². The van der Waals surface area contributed by atoms with E-state index in [2.05, 4.69) is 22.5 Å². The molecule has 32 heavy (non-hydrogen) atoms. The molecule has 1 aromatic carbocycles. The first-order valence-corrected chi connectivity index (χ1v) is 10.6. The average Bonchev–Trinajstić information content (AvgIpc) is 2.78. The van der Waals surface area contributed by atoms with Crippen LogP contribution in [0.15, 0.2) is 65.1 Å². The van der Waals surface area contributed by atoms with Crippen LogP contribution in [0.5, 0.6) is 11.5 Å². The normalized spacial score (nSPS) is 20.4. The number of ether oxygens (including phenoxy) is 2. The number of pyridine rings is 1. The zero-order chi connectivity index (χ0) is 22.8. The summed E-state index contributed by atoms with van der Waals surface area (Å²) in [5.41, 5.74) is 3.54. The number of hydrogen-bond acceptors (Lipinski definition) is 6. The Labute approximate surface area is 187 Å². The summed E-state index contributed by atoms with van der Waals surface area (Å²) < 4.78 is 10.9. The Kier molecular flexibility index (Phi) is 5.99. The maximum atomic E-state index is 13.4. The zero-order valence-corrected chi connectivity index (χ0v) is 18.7. The van der Waals surface area contributed by atoms with Crippen LogP contribution in [0.3, 0.4) is 0 Å². The second-order valence-corrected chi connectivity index (χ2v) is 8.21. The van der Waals surface area contributed by atoms with Crippen LogP contribution in [0, 0.1) is 5.92 Å². The van der Waals surface area contributed by atoms with Gasteiger partial charge in [-0.3, -0.25) is 9.59 Å². The molecule has 0 saturated carbocycles. The van der Waals surface area contributed by atoms with Crippen molar-refractivity contribution in [3.8, 4) is 11.5 Å². The number of nitrogens with zero attached hydrogens (tertiary/aromatic N) is 1. The van der Waals surface area contributed by atoms with Gasteiger partial charge in [0.2, 0.25) is 0 Å². The lowest BCUT2D eigenvalue weighted by atomic mass is 9.73. The summed E-state index contributed by atoms with van der Waals surface area (Å²) >= 11 is 0. The number of dihydropyridines is 1. The molecule has 2 atom stereocenters. The predicted octanol–water partition coefficient (Wildman–Crippen LogP) is 3.95. The minimum atomic E-state index is -0.519. The van der Waals surface area contributed by atoms with Crippen molar-refractivity contribution in [2.24, 2.45) is 5.92 Å². The number of methoxy groups -OCH3 is 2. The van der Waals surface area contributed by atoms with Crippen molar-refractivity contribution in [3.63, 3.8) is 0 Å². The minimum absolute atomic E-state index is 0.0571. The molecule has 166 valence electrons. The summed E-state index contributed by atoms with van der Waals surface area (Å²) in [6, 6.07) is 10.8. The Balaban J connectivity index is 1.83. The summed E-state index contributed by atoms with van der Waals surface area (Å²) in [6.45, 7) is 3.94. The quantitative estimate of drug-likeness (QED) is 0.742. The molecule has 0 saturated heterocycles. The average molecular weight is 434 g/mol. The van der Waals surface area contributed by atoms with E-state index in [0.29, 0.717) is 34.9 Å². The van der Waals surface area contributed by atoms with Crippen LogP contribution >= 0.6 is 0 Å². The van der Waals surface area contributed by atoms with Gasteiger partial charge in [-0.1, -0.05) is 19.1 Å². The maximum absolute atomic E-state index is 13.4. The van der Waals surface area contributed by atoms with E-state index >= 15 is 0 Å². The number of aromatic nitrogens is 1. The highest BCUT2D eigenvalue weighted by molar-refractivity contribution is 6.09.